The lowest BCUT2D eigenvalue weighted by Gasteiger charge is -2.18. The largest absolute Gasteiger partial charge is 0.462 e. The molecule has 0 aliphatic heterocycles. The van der Waals surface area contributed by atoms with E-state index >= 15 is 0 Å². The van der Waals surface area contributed by atoms with E-state index in [0.717, 1.165) is 103 Å². The minimum atomic E-state index is -0.780. The molecule has 0 spiro atoms. The summed E-state index contributed by atoms with van der Waals surface area (Å²) in [7, 11) is 0. The van der Waals surface area contributed by atoms with Crippen molar-refractivity contribution in [1.82, 2.24) is 0 Å². The minimum Gasteiger partial charge on any atom is -0.462 e. The standard InChI is InChI=1S/C67H118O6/c1-4-7-10-13-16-19-22-25-27-29-30-31-32-33-34-35-36-38-39-42-45-48-51-54-57-60-66(69)72-63-64(62-71-65(68)59-56-53-50-47-44-41-24-21-18-15-12-9-6-3)73-67(70)61-58-55-52-49-46-43-40-37-28-26-23-20-17-14-11-8-5-2/h7,10,16,19,21,24-25,27,30-31,33-34,64H,4-6,8-9,11-15,17-18,20,22-23,26,28-29,32,35-63H2,1-3H3/b10-7-,19-16-,24-21-,27-25-,31-30-,34-33-. The molecule has 1 atom stereocenters. The zero-order valence-corrected chi connectivity index (χ0v) is 48.4. The number of unbranched alkanes of at least 4 members (excludes halogenated alkanes) is 34. The molecule has 0 aliphatic rings. The molecule has 0 heterocycles. The molecule has 6 heteroatoms. The van der Waals surface area contributed by atoms with Crippen LogP contribution < -0.4 is 0 Å². The molecule has 0 amide bonds. The van der Waals surface area contributed by atoms with Crippen LogP contribution in [0.15, 0.2) is 72.9 Å². The molecule has 0 aromatic carbocycles. The molecule has 0 aliphatic carbocycles. The van der Waals surface area contributed by atoms with E-state index in [1.807, 2.05) is 0 Å². The molecule has 0 aromatic rings. The molecule has 0 rings (SSSR count). The molecule has 0 aromatic heterocycles. The average molecular weight is 1020 g/mol. The number of carbonyl (C=O) groups is 3. The number of carbonyl (C=O) groups excluding carboxylic acids is 3. The molecular weight excluding hydrogens is 901 g/mol. The van der Waals surface area contributed by atoms with Crippen LogP contribution in [0.1, 0.15) is 316 Å². The van der Waals surface area contributed by atoms with Crippen molar-refractivity contribution >= 4 is 17.9 Å². The van der Waals surface area contributed by atoms with E-state index in [-0.39, 0.29) is 31.1 Å². The van der Waals surface area contributed by atoms with Crippen LogP contribution in [0.5, 0.6) is 0 Å². The van der Waals surface area contributed by atoms with Gasteiger partial charge >= 0.3 is 17.9 Å². The topological polar surface area (TPSA) is 78.9 Å². The van der Waals surface area contributed by atoms with Gasteiger partial charge in [-0.3, -0.25) is 14.4 Å². The molecule has 0 N–H and O–H groups in total. The van der Waals surface area contributed by atoms with Crippen molar-refractivity contribution < 1.29 is 28.6 Å². The van der Waals surface area contributed by atoms with Gasteiger partial charge in [0.05, 0.1) is 0 Å². The Balaban J connectivity index is 4.31. The Hall–Kier alpha value is -3.15. The Labute approximate surface area is 453 Å². The first kappa shape index (κ1) is 69.8. The number of esters is 3. The molecule has 0 saturated heterocycles. The Kier molecular flexibility index (Phi) is 58.7. The van der Waals surface area contributed by atoms with Crippen molar-refractivity contribution in [2.75, 3.05) is 13.2 Å². The third kappa shape index (κ3) is 59.6. The van der Waals surface area contributed by atoms with Crippen LogP contribution in [0.25, 0.3) is 0 Å². The smallest absolute Gasteiger partial charge is 0.306 e. The number of hydrogen-bond acceptors (Lipinski definition) is 6. The van der Waals surface area contributed by atoms with Crippen LogP contribution in [-0.2, 0) is 28.6 Å². The van der Waals surface area contributed by atoms with E-state index in [0.29, 0.717) is 19.3 Å². The van der Waals surface area contributed by atoms with E-state index in [2.05, 4.69) is 93.7 Å². The molecule has 0 fully saturated rings. The van der Waals surface area contributed by atoms with Gasteiger partial charge in [-0.25, -0.2) is 0 Å². The van der Waals surface area contributed by atoms with Gasteiger partial charge in [-0.2, -0.15) is 0 Å². The Morgan fingerprint density at radius 1 is 0.288 bits per heavy atom. The highest BCUT2D eigenvalue weighted by Gasteiger charge is 2.19. The fourth-order valence-corrected chi connectivity index (χ4v) is 9.00. The number of allylic oxidation sites excluding steroid dienone is 12. The molecule has 0 radical (unpaired) electrons. The normalized spacial score (nSPS) is 12.5. The summed E-state index contributed by atoms with van der Waals surface area (Å²) in [4.78, 5) is 38.3. The summed E-state index contributed by atoms with van der Waals surface area (Å²) in [5.74, 6) is -0.877. The maximum Gasteiger partial charge on any atom is 0.306 e. The average Bonchev–Trinajstić information content (AvgIpc) is 3.39. The summed E-state index contributed by atoms with van der Waals surface area (Å²) in [6, 6.07) is 0. The van der Waals surface area contributed by atoms with E-state index in [9.17, 15) is 14.4 Å². The van der Waals surface area contributed by atoms with Crippen molar-refractivity contribution in [1.29, 1.82) is 0 Å². The second-order valence-electron chi connectivity index (χ2n) is 20.9. The molecule has 1 unspecified atom stereocenters. The summed E-state index contributed by atoms with van der Waals surface area (Å²) < 4.78 is 16.9. The van der Waals surface area contributed by atoms with Gasteiger partial charge in [-0.1, -0.05) is 280 Å². The molecule has 73 heavy (non-hydrogen) atoms. The van der Waals surface area contributed by atoms with Crippen LogP contribution in [0.3, 0.4) is 0 Å². The second-order valence-corrected chi connectivity index (χ2v) is 20.9. The lowest BCUT2D eigenvalue weighted by molar-refractivity contribution is -0.167. The second kappa shape index (κ2) is 61.4. The van der Waals surface area contributed by atoms with Gasteiger partial charge in [-0.05, 0) is 89.9 Å². The maximum absolute atomic E-state index is 12.9. The summed E-state index contributed by atoms with van der Waals surface area (Å²) in [6.45, 7) is 6.54. The summed E-state index contributed by atoms with van der Waals surface area (Å²) >= 11 is 0. The lowest BCUT2D eigenvalue weighted by Crippen LogP contribution is -2.30. The van der Waals surface area contributed by atoms with Gasteiger partial charge in [0, 0.05) is 19.3 Å². The highest BCUT2D eigenvalue weighted by Crippen LogP contribution is 2.17. The summed E-state index contributed by atoms with van der Waals surface area (Å²) in [5, 5.41) is 0. The third-order valence-corrected chi connectivity index (χ3v) is 13.7. The fraction of sp³-hybridized carbons (Fsp3) is 0.776. The number of rotatable bonds is 57. The molecular formula is C67H118O6. The zero-order valence-electron chi connectivity index (χ0n) is 48.4. The van der Waals surface area contributed by atoms with Crippen molar-refractivity contribution in [3.8, 4) is 0 Å². The highest BCUT2D eigenvalue weighted by molar-refractivity contribution is 5.71. The van der Waals surface area contributed by atoms with Gasteiger partial charge in [0.2, 0.25) is 0 Å². The van der Waals surface area contributed by atoms with Crippen LogP contribution in [-0.4, -0.2) is 37.2 Å². The van der Waals surface area contributed by atoms with E-state index in [1.54, 1.807) is 0 Å². The minimum absolute atomic E-state index is 0.0782. The van der Waals surface area contributed by atoms with Gasteiger partial charge in [0.25, 0.3) is 0 Å². The van der Waals surface area contributed by atoms with Crippen LogP contribution in [0.2, 0.25) is 0 Å². The Morgan fingerprint density at radius 2 is 0.534 bits per heavy atom. The van der Waals surface area contributed by atoms with Crippen LogP contribution >= 0.6 is 0 Å². The number of hydrogen-bond donors (Lipinski definition) is 0. The number of ether oxygens (including phenoxy) is 3. The van der Waals surface area contributed by atoms with Gasteiger partial charge in [-0.15, -0.1) is 0 Å². The highest BCUT2D eigenvalue weighted by atomic mass is 16.6. The van der Waals surface area contributed by atoms with E-state index < -0.39 is 6.10 Å². The van der Waals surface area contributed by atoms with E-state index in [4.69, 9.17) is 14.2 Å². The first-order chi connectivity index (χ1) is 36.0. The predicted molar refractivity (Wildman–Crippen MR) is 316 cm³/mol. The lowest BCUT2D eigenvalue weighted by atomic mass is 10.0. The van der Waals surface area contributed by atoms with Gasteiger partial charge in [0.1, 0.15) is 13.2 Å². The quantitative estimate of drug-likeness (QED) is 0.0261. The van der Waals surface area contributed by atoms with E-state index in [1.165, 1.54) is 173 Å². The third-order valence-electron chi connectivity index (χ3n) is 13.7. The zero-order chi connectivity index (χ0) is 52.9. The SMILES string of the molecule is CC/C=C\C/C=C\C/C=C\C/C=C\C/C=C\CCCCCCCCCCCC(=O)OCC(COC(=O)CCCCCCC/C=C\CCCCCC)OC(=O)CCCCCCCCCCCCCCCCCCC. The van der Waals surface area contributed by atoms with Crippen LogP contribution in [0.4, 0.5) is 0 Å². The molecule has 0 bridgehead atoms. The van der Waals surface area contributed by atoms with Crippen molar-refractivity contribution in [3.05, 3.63) is 72.9 Å². The van der Waals surface area contributed by atoms with Crippen molar-refractivity contribution in [3.63, 3.8) is 0 Å². The first-order valence-corrected chi connectivity index (χ1v) is 31.4. The molecule has 0 saturated carbocycles. The predicted octanol–water partition coefficient (Wildman–Crippen LogP) is 21.3. The summed E-state index contributed by atoms with van der Waals surface area (Å²) in [5.41, 5.74) is 0. The summed E-state index contributed by atoms with van der Waals surface area (Å²) in [6.07, 6.45) is 79.0. The fourth-order valence-electron chi connectivity index (χ4n) is 9.00. The molecule has 422 valence electrons. The van der Waals surface area contributed by atoms with Crippen molar-refractivity contribution in [2.24, 2.45) is 0 Å². The van der Waals surface area contributed by atoms with Crippen LogP contribution in [0, 0.1) is 0 Å². The Bertz CT molecular complexity index is 1360. The molecule has 6 nitrogen and oxygen atoms in total. The van der Waals surface area contributed by atoms with Gasteiger partial charge in [0.15, 0.2) is 6.10 Å². The van der Waals surface area contributed by atoms with Crippen molar-refractivity contribution in [2.45, 2.75) is 322 Å². The monoisotopic (exact) mass is 1020 g/mol. The first-order valence-electron chi connectivity index (χ1n) is 31.4. The maximum atomic E-state index is 12.9. The Morgan fingerprint density at radius 3 is 0.863 bits per heavy atom. The van der Waals surface area contributed by atoms with Gasteiger partial charge < -0.3 is 14.2 Å².